The second-order valence-electron chi connectivity index (χ2n) is 10.6. The summed E-state index contributed by atoms with van der Waals surface area (Å²) in [5, 5.41) is 15.6. The largest absolute Gasteiger partial charge is 0.433 e. The third-order valence-corrected chi connectivity index (χ3v) is 7.74. The molecule has 0 bridgehead atoms. The van der Waals surface area contributed by atoms with E-state index in [9.17, 15) is 13.2 Å². The molecule has 2 aliphatic rings. The first-order valence-corrected chi connectivity index (χ1v) is 13.4. The van der Waals surface area contributed by atoms with Gasteiger partial charge in [-0.3, -0.25) is 5.10 Å². The van der Waals surface area contributed by atoms with E-state index in [0.717, 1.165) is 61.4 Å². The van der Waals surface area contributed by atoms with E-state index in [-0.39, 0.29) is 5.82 Å². The highest BCUT2D eigenvalue weighted by Gasteiger charge is 2.38. The average molecular weight is 539 g/mol. The number of hydrogen-bond donors (Lipinski definition) is 1. The number of aryl methyl sites for hydroxylation is 1. The van der Waals surface area contributed by atoms with Crippen LogP contribution in [0.1, 0.15) is 56.4 Å². The molecule has 0 aromatic carbocycles. The molecule has 9 nitrogen and oxygen atoms in total. The summed E-state index contributed by atoms with van der Waals surface area (Å²) in [5.74, 6) is 2.32. The molecule has 4 rings (SSSR count). The molecule has 1 fully saturated rings. The highest BCUT2D eigenvalue weighted by Crippen LogP contribution is 2.32. The van der Waals surface area contributed by atoms with E-state index in [4.69, 9.17) is 0 Å². The van der Waals surface area contributed by atoms with Gasteiger partial charge in [-0.15, -0.1) is 0 Å². The summed E-state index contributed by atoms with van der Waals surface area (Å²) in [5.41, 5.74) is 0.471. The molecule has 1 N–H and O–H groups in total. The van der Waals surface area contributed by atoms with Crippen LogP contribution < -0.4 is 4.90 Å². The van der Waals surface area contributed by atoms with Gasteiger partial charge in [0.2, 0.25) is 6.34 Å². The fraction of sp³-hybridized carbons (Fsp3) is 0.625. The molecule has 13 heteroatoms. The molecule has 2 aromatic rings. The summed E-state index contributed by atoms with van der Waals surface area (Å²) in [7, 11) is 2.06. The van der Waals surface area contributed by atoms with Gasteiger partial charge in [-0.25, -0.2) is 9.97 Å². The average Bonchev–Trinajstić information content (AvgIpc) is 3.32. The second-order valence-corrected chi connectivity index (χ2v) is 12.0. The number of quaternary nitrogens is 1. The van der Waals surface area contributed by atoms with Crippen molar-refractivity contribution in [3.05, 3.63) is 35.0 Å². The van der Waals surface area contributed by atoms with Crippen molar-refractivity contribution in [2.45, 2.75) is 52.1 Å². The number of H-pyrrole nitrogens is 1. The van der Waals surface area contributed by atoms with Gasteiger partial charge in [0, 0.05) is 36.7 Å². The fourth-order valence-corrected chi connectivity index (χ4v) is 5.30. The lowest BCUT2D eigenvalue weighted by atomic mass is 9.95. The molecule has 0 spiro atoms. The third-order valence-electron chi connectivity index (χ3n) is 6.46. The lowest BCUT2D eigenvalue weighted by Crippen LogP contribution is -2.40. The summed E-state index contributed by atoms with van der Waals surface area (Å²) in [6.45, 7) is 11.4. The smallest absolute Gasteiger partial charge is 0.355 e. The number of amidine groups is 1. The zero-order valence-electron chi connectivity index (χ0n) is 22.0. The fourth-order valence-electron chi connectivity index (χ4n) is 4.30. The maximum Gasteiger partial charge on any atom is 0.433 e. The van der Waals surface area contributed by atoms with Crippen LogP contribution in [-0.4, -0.2) is 86.7 Å². The molecule has 37 heavy (non-hydrogen) atoms. The number of hydrogen-bond acceptors (Lipinski definition) is 8. The molecule has 0 amide bonds. The normalized spacial score (nSPS) is 21.4. The van der Waals surface area contributed by atoms with Crippen LogP contribution in [0.15, 0.2) is 22.5 Å². The first-order chi connectivity index (χ1) is 17.4. The van der Waals surface area contributed by atoms with Gasteiger partial charge < -0.3 is 9.80 Å². The van der Waals surface area contributed by atoms with E-state index in [2.05, 4.69) is 42.3 Å². The number of nitrogens with one attached hydrogen (secondary N) is 1. The summed E-state index contributed by atoms with van der Waals surface area (Å²) >= 11 is 1.75. The zero-order chi connectivity index (χ0) is 26.8. The Bertz CT molecular complexity index is 1120. The van der Waals surface area contributed by atoms with E-state index in [1.165, 1.54) is 0 Å². The van der Waals surface area contributed by atoms with Crippen LogP contribution in [0.5, 0.6) is 0 Å². The number of aromatic nitrogens is 4. The van der Waals surface area contributed by atoms with Crippen LogP contribution in [-0.2, 0) is 11.6 Å². The van der Waals surface area contributed by atoms with Crippen LogP contribution in [0.2, 0.25) is 0 Å². The molecule has 202 valence electrons. The molecule has 4 heterocycles. The van der Waals surface area contributed by atoms with Crippen molar-refractivity contribution < 1.29 is 17.1 Å². The molecule has 1 saturated heterocycles. The van der Waals surface area contributed by atoms with Crippen molar-refractivity contribution in [3.8, 4) is 0 Å². The maximum atomic E-state index is 13.5. The Balaban J connectivity index is 1.33. The molecule has 1 atom stereocenters. The van der Waals surface area contributed by atoms with Gasteiger partial charge in [0.15, 0.2) is 0 Å². The molecule has 0 radical (unpaired) electrons. The monoisotopic (exact) mass is 538 g/mol. The Morgan fingerprint density at radius 3 is 2.57 bits per heavy atom. The van der Waals surface area contributed by atoms with Crippen molar-refractivity contribution in [1.82, 2.24) is 25.1 Å². The maximum absolute atomic E-state index is 13.5. The number of halogens is 3. The lowest BCUT2D eigenvalue weighted by molar-refractivity contribution is -0.548. The molecular formula is C24H35F3N9S+. The molecule has 2 aliphatic heterocycles. The molecule has 0 saturated carbocycles. The first kappa shape index (κ1) is 27.5. The minimum atomic E-state index is -4.51. The number of aromatic amines is 1. The lowest BCUT2D eigenvalue weighted by Gasteiger charge is -2.26. The van der Waals surface area contributed by atoms with E-state index in [1.54, 1.807) is 18.1 Å². The van der Waals surface area contributed by atoms with Gasteiger partial charge >= 0.3 is 6.18 Å². The van der Waals surface area contributed by atoms with Gasteiger partial charge in [-0.1, -0.05) is 31.0 Å². The zero-order valence-corrected chi connectivity index (χ0v) is 22.8. The minimum Gasteiger partial charge on any atom is -0.355 e. The van der Waals surface area contributed by atoms with Crippen LogP contribution in [0.3, 0.4) is 0 Å². The minimum absolute atomic E-state index is 0.214. The number of alkyl halides is 3. The SMILES string of the molecule is Cc1cn[nH]c1C1=NN=C[N+]1(C)SCCCN1CCCN(c2cc(C(F)(F)F)nc(C(C)(C)C)n2)CC1. The highest BCUT2D eigenvalue weighted by atomic mass is 32.2. The number of nitrogens with zero attached hydrogens (tertiary/aromatic N) is 8. The van der Waals surface area contributed by atoms with Gasteiger partial charge in [-0.2, -0.15) is 22.2 Å². The van der Waals surface area contributed by atoms with Gasteiger partial charge in [0.25, 0.3) is 5.84 Å². The summed E-state index contributed by atoms with van der Waals surface area (Å²) in [6, 6.07) is 1.09. The van der Waals surface area contributed by atoms with Crippen molar-refractivity contribution in [2.75, 3.05) is 50.4 Å². The Kier molecular flexibility index (Phi) is 7.96. The number of anilines is 1. The van der Waals surface area contributed by atoms with Crippen molar-refractivity contribution in [1.29, 1.82) is 0 Å². The molecule has 2 aromatic heterocycles. The highest BCUT2D eigenvalue weighted by molar-refractivity contribution is 7.94. The van der Waals surface area contributed by atoms with Crippen LogP contribution in [0.25, 0.3) is 0 Å². The topological polar surface area (TPSA) is 85.7 Å². The first-order valence-electron chi connectivity index (χ1n) is 12.4. The Labute approximate surface area is 220 Å². The summed E-state index contributed by atoms with van der Waals surface area (Å²) < 4.78 is 41.1. The van der Waals surface area contributed by atoms with E-state index < -0.39 is 17.3 Å². The predicted molar refractivity (Wildman–Crippen MR) is 141 cm³/mol. The quantitative estimate of drug-likeness (QED) is 0.323. The third kappa shape index (κ3) is 6.50. The Hall–Kier alpha value is -2.51. The standard InChI is InChI=1S/C24H35F3N9S/c1-17-15-28-32-20(17)21-33-29-16-36(21,5)37-13-7-9-34-8-6-10-35(12-11-34)19-14-18(24(25,26)27)30-22(31-19)23(2,3)4/h14-16H,6-13H2,1-5H3,(H,28,32)/q+1. The van der Waals surface area contributed by atoms with Gasteiger partial charge in [0.05, 0.1) is 30.9 Å². The van der Waals surface area contributed by atoms with Gasteiger partial charge in [0.1, 0.15) is 23.0 Å². The van der Waals surface area contributed by atoms with Crippen LogP contribution in [0.4, 0.5) is 19.0 Å². The Morgan fingerprint density at radius 2 is 1.89 bits per heavy atom. The second kappa shape index (κ2) is 10.7. The van der Waals surface area contributed by atoms with Crippen molar-refractivity contribution in [2.24, 2.45) is 10.2 Å². The van der Waals surface area contributed by atoms with Crippen LogP contribution in [0, 0.1) is 6.92 Å². The Morgan fingerprint density at radius 1 is 1.11 bits per heavy atom. The van der Waals surface area contributed by atoms with Crippen molar-refractivity contribution in [3.63, 3.8) is 0 Å². The summed E-state index contributed by atoms with van der Waals surface area (Å²) in [4.78, 5) is 12.7. The van der Waals surface area contributed by atoms with Crippen LogP contribution >= 0.6 is 11.9 Å². The van der Waals surface area contributed by atoms with E-state index in [1.807, 2.05) is 38.9 Å². The van der Waals surface area contributed by atoms with E-state index >= 15 is 0 Å². The molecule has 1 unspecified atom stereocenters. The van der Waals surface area contributed by atoms with E-state index in [0.29, 0.717) is 22.8 Å². The summed E-state index contributed by atoms with van der Waals surface area (Å²) in [6.07, 6.45) is 0.935. The van der Waals surface area contributed by atoms with Gasteiger partial charge in [-0.05, 0) is 32.9 Å². The van der Waals surface area contributed by atoms with Crippen molar-refractivity contribution >= 4 is 29.9 Å². The molecule has 0 aliphatic carbocycles. The number of rotatable bonds is 7. The molecular weight excluding hydrogens is 503 g/mol. The predicted octanol–water partition coefficient (Wildman–Crippen LogP) is 4.23.